The Labute approximate surface area is 115 Å². The fourth-order valence-corrected chi connectivity index (χ4v) is 1.94. The van der Waals surface area contributed by atoms with Crippen molar-refractivity contribution in [1.82, 2.24) is 0 Å². The number of furan rings is 1. The molecule has 5 heteroatoms. The number of carbonyl (C=O) groups excluding carboxylic acids is 1. The number of methoxy groups -OCH3 is 1. The van der Waals surface area contributed by atoms with Crippen molar-refractivity contribution in [1.29, 1.82) is 5.26 Å². The predicted octanol–water partition coefficient (Wildman–Crippen LogP) is 3.43. The van der Waals surface area contributed by atoms with Gasteiger partial charge in [-0.3, -0.25) is 4.79 Å². The van der Waals surface area contributed by atoms with Gasteiger partial charge in [0.1, 0.15) is 11.7 Å². The highest BCUT2D eigenvalue weighted by molar-refractivity contribution is 6.32. The SMILES string of the molecule is COc1cccc(C(C#N)C(=O)c2ccoc2Cl)c1. The van der Waals surface area contributed by atoms with Gasteiger partial charge in [-0.1, -0.05) is 12.1 Å². The van der Waals surface area contributed by atoms with Crippen molar-refractivity contribution in [2.24, 2.45) is 0 Å². The number of hydrogen-bond donors (Lipinski definition) is 0. The Morgan fingerprint density at radius 1 is 1.47 bits per heavy atom. The zero-order valence-corrected chi connectivity index (χ0v) is 10.8. The highest BCUT2D eigenvalue weighted by Crippen LogP contribution is 2.27. The lowest BCUT2D eigenvalue weighted by Crippen LogP contribution is -2.11. The molecule has 1 aromatic carbocycles. The molecule has 0 N–H and O–H groups in total. The highest BCUT2D eigenvalue weighted by Gasteiger charge is 2.25. The van der Waals surface area contributed by atoms with Crippen LogP contribution in [-0.2, 0) is 0 Å². The third-order valence-corrected chi connectivity index (χ3v) is 2.99. The molecule has 96 valence electrons. The minimum atomic E-state index is -0.940. The number of carbonyl (C=O) groups is 1. The van der Waals surface area contributed by atoms with Crippen LogP contribution in [0.25, 0.3) is 0 Å². The summed E-state index contributed by atoms with van der Waals surface area (Å²) >= 11 is 5.76. The zero-order chi connectivity index (χ0) is 13.8. The molecule has 0 spiro atoms. The van der Waals surface area contributed by atoms with E-state index in [0.717, 1.165) is 0 Å². The van der Waals surface area contributed by atoms with Crippen molar-refractivity contribution >= 4 is 17.4 Å². The Balaban J connectivity index is 2.38. The second-order valence-electron chi connectivity index (χ2n) is 3.81. The summed E-state index contributed by atoms with van der Waals surface area (Å²) in [6.07, 6.45) is 1.32. The fraction of sp³-hybridized carbons (Fsp3) is 0.143. The molecule has 1 unspecified atom stereocenters. The number of ether oxygens (including phenoxy) is 1. The van der Waals surface area contributed by atoms with Gasteiger partial charge in [-0.2, -0.15) is 5.26 Å². The van der Waals surface area contributed by atoms with Gasteiger partial charge in [-0.25, -0.2) is 0 Å². The molecule has 1 aromatic heterocycles. The fourth-order valence-electron chi connectivity index (χ4n) is 1.73. The number of rotatable bonds is 4. The number of ketones is 1. The van der Waals surface area contributed by atoms with Crippen LogP contribution in [0.15, 0.2) is 41.0 Å². The van der Waals surface area contributed by atoms with Crippen molar-refractivity contribution in [2.45, 2.75) is 5.92 Å². The van der Waals surface area contributed by atoms with Gasteiger partial charge < -0.3 is 9.15 Å². The number of Topliss-reactive ketones (excluding diaryl/α,β-unsaturated/α-hetero) is 1. The summed E-state index contributed by atoms with van der Waals surface area (Å²) in [6.45, 7) is 0. The van der Waals surface area contributed by atoms with Gasteiger partial charge >= 0.3 is 0 Å². The molecule has 0 aliphatic rings. The first-order valence-electron chi connectivity index (χ1n) is 5.48. The molecule has 0 fully saturated rings. The third kappa shape index (κ3) is 2.61. The van der Waals surface area contributed by atoms with Gasteiger partial charge in [0.15, 0.2) is 5.78 Å². The second kappa shape index (κ2) is 5.59. The summed E-state index contributed by atoms with van der Waals surface area (Å²) in [5.74, 6) is -0.747. The normalized spacial score (nSPS) is 11.6. The Kier molecular flexibility index (Phi) is 3.88. The average Bonchev–Trinajstić information content (AvgIpc) is 2.86. The molecule has 0 amide bonds. The maximum Gasteiger partial charge on any atom is 0.203 e. The Hall–Kier alpha value is -2.25. The van der Waals surface area contributed by atoms with Crippen LogP contribution in [0.2, 0.25) is 5.22 Å². The summed E-state index contributed by atoms with van der Waals surface area (Å²) < 4.78 is 9.95. The molecule has 1 atom stereocenters. The van der Waals surface area contributed by atoms with Gasteiger partial charge in [0.2, 0.25) is 5.22 Å². The summed E-state index contributed by atoms with van der Waals surface area (Å²) in [5, 5.41) is 9.21. The first kappa shape index (κ1) is 13.2. The Morgan fingerprint density at radius 2 is 2.26 bits per heavy atom. The molecule has 0 saturated carbocycles. The van der Waals surface area contributed by atoms with Crippen LogP contribution in [0.5, 0.6) is 5.75 Å². The third-order valence-electron chi connectivity index (χ3n) is 2.70. The van der Waals surface area contributed by atoms with Crippen LogP contribution in [0.1, 0.15) is 21.8 Å². The number of benzene rings is 1. The maximum absolute atomic E-state index is 12.3. The molecule has 0 saturated heterocycles. The van der Waals surface area contributed by atoms with Crippen LogP contribution >= 0.6 is 11.6 Å². The zero-order valence-electron chi connectivity index (χ0n) is 10.1. The molecule has 1 heterocycles. The van der Waals surface area contributed by atoms with E-state index in [0.29, 0.717) is 11.3 Å². The molecular formula is C14H10ClNO3. The van der Waals surface area contributed by atoms with Crippen LogP contribution in [0.4, 0.5) is 0 Å². The van der Waals surface area contributed by atoms with Gasteiger partial charge in [0.05, 0.1) is 25.0 Å². The van der Waals surface area contributed by atoms with Crippen molar-refractivity contribution in [2.75, 3.05) is 7.11 Å². The van der Waals surface area contributed by atoms with Crippen molar-refractivity contribution in [3.63, 3.8) is 0 Å². The smallest absolute Gasteiger partial charge is 0.203 e. The number of nitrogens with zero attached hydrogens (tertiary/aromatic N) is 1. The lowest BCUT2D eigenvalue weighted by Gasteiger charge is -2.09. The molecule has 0 aliphatic heterocycles. The first-order chi connectivity index (χ1) is 9.17. The summed E-state index contributed by atoms with van der Waals surface area (Å²) in [6, 6.07) is 10.3. The highest BCUT2D eigenvalue weighted by atomic mass is 35.5. The molecule has 0 bridgehead atoms. The van der Waals surface area contributed by atoms with E-state index in [4.69, 9.17) is 20.8 Å². The summed E-state index contributed by atoms with van der Waals surface area (Å²) in [7, 11) is 1.52. The molecule has 0 radical (unpaired) electrons. The lowest BCUT2D eigenvalue weighted by atomic mass is 9.93. The first-order valence-corrected chi connectivity index (χ1v) is 5.86. The minimum Gasteiger partial charge on any atom is -0.497 e. The molecule has 19 heavy (non-hydrogen) atoms. The monoisotopic (exact) mass is 275 g/mol. The molecule has 0 aliphatic carbocycles. The number of halogens is 1. The van der Waals surface area contributed by atoms with Crippen molar-refractivity contribution < 1.29 is 13.9 Å². The maximum atomic E-state index is 12.3. The Bertz CT molecular complexity index is 642. The minimum absolute atomic E-state index is 0.00635. The standard InChI is InChI=1S/C14H10ClNO3/c1-18-10-4-2-3-9(7-10)12(8-16)13(17)11-5-6-19-14(11)15/h2-7,12H,1H3. The van der Waals surface area contributed by atoms with E-state index >= 15 is 0 Å². The van der Waals surface area contributed by atoms with E-state index in [9.17, 15) is 10.1 Å². The Morgan fingerprint density at radius 3 is 2.84 bits per heavy atom. The van der Waals surface area contributed by atoms with E-state index < -0.39 is 11.7 Å². The van der Waals surface area contributed by atoms with Gasteiger partial charge in [-0.05, 0) is 35.4 Å². The van der Waals surface area contributed by atoms with E-state index in [1.54, 1.807) is 24.3 Å². The summed E-state index contributed by atoms with van der Waals surface area (Å²) in [4.78, 5) is 12.3. The van der Waals surface area contributed by atoms with Crippen LogP contribution in [0, 0.1) is 11.3 Å². The average molecular weight is 276 g/mol. The van der Waals surface area contributed by atoms with Gasteiger partial charge in [-0.15, -0.1) is 0 Å². The van der Waals surface area contributed by atoms with Crippen LogP contribution in [-0.4, -0.2) is 12.9 Å². The van der Waals surface area contributed by atoms with Gasteiger partial charge in [0.25, 0.3) is 0 Å². The number of hydrogen-bond acceptors (Lipinski definition) is 4. The largest absolute Gasteiger partial charge is 0.497 e. The van der Waals surface area contributed by atoms with E-state index in [2.05, 4.69) is 0 Å². The topological polar surface area (TPSA) is 63.2 Å². The quantitative estimate of drug-likeness (QED) is 0.802. The van der Waals surface area contributed by atoms with Crippen molar-refractivity contribution in [3.05, 3.63) is 52.9 Å². The van der Waals surface area contributed by atoms with E-state index in [1.165, 1.54) is 19.4 Å². The second-order valence-corrected chi connectivity index (χ2v) is 4.15. The molecule has 2 rings (SSSR count). The molecular weight excluding hydrogens is 266 g/mol. The van der Waals surface area contributed by atoms with E-state index in [-0.39, 0.29) is 10.8 Å². The van der Waals surface area contributed by atoms with Crippen LogP contribution < -0.4 is 4.74 Å². The molecule has 2 aromatic rings. The van der Waals surface area contributed by atoms with Gasteiger partial charge in [0, 0.05) is 0 Å². The van der Waals surface area contributed by atoms with E-state index in [1.807, 2.05) is 6.07 Å². The summed E-state index contributed by atoms with van der Waals surface area (Å²) in [5.41, 5.74) is 0.764. The van der Waals surface area contributed by atoms with Crippen molar-refractivity contribution in [3.8, 4) is 11.8 Å². The lowest BCUT2D eigenvalue weighted by molar-refractivity contribution is 0.0978. The predicted molar refractivity (Wildman–Crippen MR) is 69.4 cm³/mol. The number of nitriles is 1. The molecule has 4 nitrogen and oxygen atoms in total. The van der Waals surface area contributed by atoms with Crippen LogP contribution in [0.3, 0.4) is 0 Å².